The van der Waals surface area contributed by atoms with Crippen LogP contribution in [0.25, 0.3) is 0 Å². The van der Waals surface area contributed by atoms with E-state index in [1.165, 1.54) is 11.1 Å². The molecule has 120 valence electrons. The maximum Gasteiger partial charge on any atom is 0.246 e. The summed E-state index contributed by atoms with van der Waals surface area (Å²) in [6.45, 7) is 6.60. The summed E-state index contributed by atoms with van der Waals surface area (Å²) in [4.78, 5) is 2.64. The lowest BCUT2D eigenvalue weighted by molar-refractivity contribution is 0.401. The quantitative estimate of drug-likeness (QED) is 0.858. The van der Waals surface area contributed by atoms with Crippen LogP contribution in [-0.4, -0.2) is 29.0 Å². The third-order valence-corrected chi connectivity index (χ3v) is 6.97. The zero-order valence-electron chi connectivity index (χ0n) is 13.1. The fourth-order valence-electron chi connectivity index (χ4n) is 2.82. The number of thiophene rings is 1. The first-order valence-electron chi connectivity index (χ1n) is 7.52. The van der Waals surface area contributed by atoms with Crippen LogP contribution in [0.15, 0.2) is 29.4 Å². The number of nitrogens with zero attached hydrogens (tertiary/aromatic N) is 3. The SMILES string of the molecule is Cc1ccc([C@H]2CCCN2S(=O)(=O)c2cnn(C(C)C)c2)s1. The van der Waals surface area contributed by atoms with Crippen LogP contribution < -0.4 is 0 Å². The van der Waals surface area contributed by atoms with Crippen LogP contribution in [-0.2, 0) is 10.0 Å². The largest absolute Gasteiger partial charge is 0.269 e. The molecule has 3 rings (SSSR count). The zero-order chi connectivity index (χ0) is 15.9. The molecule has 1 aliphatic rings. The summed E-state index contributed by atoms with van der Waals surface area (Å²) in [5.74, 6) is 0. The van der Waals surface area contributed by atoms with E-state index in [0.29, 0.717) is 11.4 Å². The summed E-state index contributed by atoms with van der Waals surface area (Å²) >= 11 is 1.68. The number of hydrogen-bond donors (Lipinski definition) is 0. The van der Waals surface area contributed by atoms with E-state index in [4.69, 9.17) is 0 Å². The smallest absolute Gasteiger partial charge is 0.246 e. The van der Waals surface area contributed by atoms with E-state index < -0.39 is 10.0 Å². The van der Waals surface area contributed by atoms with Crippen molar-refractivity contribution in [2.75, 3.05) is 6.54 Å². The molecule has 2 aromatic rings. The first-order chi connectivity index (χ1) is 10.4. The molecule has 5 nitrogen and oxygen atoms in total. The van der Waals surface area contributed by atoms with Gasteiger partial charge in [0.2, 0.25) is 10.0 Å². The van der Waals surface area contributed by atoms with Gasteiger partial charge in [-0.15, -0.1) is 11.3 Å². The van der Waals surface area contributed by atoms with Gasteiger partial charge in [-0.05, 0) is 45.7 Å². The fraction of sp³-hybridized carbons (Fsp3) is 0.533. The number of hydrogen-bond acceptors (Lipinski definition) is 4. The van der Waals surface area contributed by atoms with E-state index in [1.54, 1.807) is 26.5 Å². The zero-order valence-corrected chi connectivity index (χ0v) is 14.7. The van der Waals surface area contributed by atoms with E-state index in [0.717, 1.165) is 17.7 Å². The molecule has 0 aromatic carbocycles. The Morgan fingerprint density at radius 3 is 2.73 bits per heavy atom. The van der Waals surface area contributed by atoms with Crippen molar-refractivity contribution in [3.05, 3.63) is 34.3 Å². The highest BCUT2D eigenvalue weighted by molar-refractivity contribution is 7.89. The first-order valence-corrected chi connectivity index (χ1v) is 9.77. The third-order valence-electron chi connectivity index (χ3n) is 4.01. The predicted octanol–water partition coefficient (Wildman–Crippen LogP) is 3.36. The summed E-state index contributed by atoms with van der Waals surface area (Å²) in [7, 11) is -3.48. The van der Waals surface area contributed by atoms with Crippen molar-refractivity contribution in [2.45, 2.75) is 50.6 Å². The molecule has 0 amide bonds. The second kappa shape index (κ2) is 5.79. The molecule has 1 fully saturated rings. The maximum absolute atomic E-state index is 12.9. The van der Waals surface area contributed by atoms with Crippen LogP contribution in [0.1, 0.15) is 48.5 Å². The number of aromatic nitrogens is 2. The summed E-state index contributed by atoms with van der Waals surface area (Å²) in [5.41, 5.74) is 0. The van der Waals surface area contributed by atoms with Crippen molar-refractivity contribution in [2.24, 2.45) is 0 Å². The van der Waals surface area contributed by atoms with Crippen molar-refractivity contribution in [1.82, 2.24) is 14.1 Å². The molecule has 0 spiro atoms. The van der Waals surface area contributed by atoms with E-state index in [-0.39, 0.29) is 12.1 Å². The van der Waals surface area contributed by atoms with Crippen LogP contribution in [0, 0.1) is 6.92 Å². The Balaban J connectivity index is 1.93. The van der Waals surface area contributed by atoms with E-state index in [1.807, 2.05) is 13.8 Å². The topological polar surface area (TPSA) is 55.2 Å². The van der Waals surface area contributed by atoms with Crippen molar-refractivity contribution in [3.63, 3.8) is 0 Å². The Morgan fingerprint density at radius 2 is 2.14 bits per heavy atom. The van der Waals surface area contributed by atoms with Gasteiger partial charge in [0.05, 0.1) is 12.2 Å². The van der Waals surface area contributed by atoms with Crippen LogP contribution in [0.3, 0.4) is 0 Å². The Bertz CT molecular complexity index is 761. The molecular weight excluding hydrogens is 318 g/mol. The molecule has 0 saturated carbocycles. The van der Waals surface area contributed by atoms with E-state index in [9.17, 15) is 8.42 Å². The number of sulfonamides is 1. The molecule has 0 N–H and O–H groups in total. The highest BCUT2D eigenvalue weighted by Crippen LogP contribution is 2.39. The number of aryl methyl sites for hydroxylation is 1. The predicted molar refractivity (Wildman–Crippen MR) is 87.5 cm³/mol. The maximum atomic E-state index is 12.9. The van der Waals surface area contributed by atoms with Gasteiger partial charge in [-0.2, -0.15) is 9.40 Å². The molecule has 0 unspecified atom stereocenters. The molecule has 22 heavy (non-hydrogen) atoms. The van der Waals surface area contributed by atoms with E-state index in [2.05, 4.69) is 24.2 Å². The Morgan fingerprint density at radius 1 is 1.36 bits per heavy atom. The average Bonchev–Trinajstić information content (AvgIpc) is 3.18. The lowest BCUT2D eigenvalue weighted by atomic mass is 10.2. The third kappa shape index (κ3) is 2.73. The Kier molecular flexibility index (Phi) is 4.13. The number of rotatable bonds is 4. The van der Waals surface area contributed by atoms with Gasteiger partial charge >= 0.3 is 0 Å². The fourth-order valence-corrected chi connectivity index (χ4v) is 5.52. The molecule has 0 aliphatic carbocycles. The van der Waals surface area contributed by atoms with Gasteiger partial charge in [-0.25, -0.2) is 8.42 Å². The van der Waals surface area contributed by atoms with E-state index >= 15 is 0 Å². The monoisotopic (exact) mass is 339 g/mol. The van der Waals surface area contributed by atoms with Crippen LogP contribution in [0.2, 0.25) is 0 Å². The lowest BCUT2D eigenvalue weighted by Crippen LogP contribution is -2.30. The molecule has 0 bridgehead atoms. The molecule has 7 heteroatoms. The minimum atomic E-state index is -3.48. The summed E-state index contributed by atoms with van der Waals surface area (Å²) in [6, 6.07) is 4.22. The normalized spacial score (nSPS) is 20.1. The summed E-state index contributed by atoms with van der Waals surface area (Å²) < 4.78 is 29.2. The molecular formula is C15H21N3O2S2. The Hall–Kier alpha value is -1.18. The summed E-state index contributed by atoms with van der Waals surface area (Å²) in [6.07, 6.45) is 4.89. The molecule has 0 radical (unpaired) electrons. The second-order valence-corrected chi connectivity index (χ2v) is 9.18. The molecule has 3 heterocycles. The van der Waals surface area contributed by atoms with Gasteiger partial charge in [-0.3, -0.25) is 4.68 Å². The summed E-state index contributed by atoms with van der Waals surface area (Å²) in [5, 5.41) is 4.17. The molecule has 2 aromatic heterocycles. The molecule has 1 saturated heterocycles. The van der Waals surface area contributed by atoms with Gasteiger partial charge in [0.15, 0.2) is 0 Å². The van der Waals surface area contributed by atoms with Gasteiger partial charge in [0.1, 0.15) is 4.90 Å². The second-order valence-electron chi connectivity index (χ2n) is 5.97. The van der Waals surface area contributed by atoms with Crippen molar-refractivity contribution in [1.29, 1.82) is 0 Å². The van der Waals surface area contributed by atoms with Crippen LogP contribution in [0.5, 0.6) is 0 Å². The van der Waals surface area contributed by atoms with Crippen LogP contribution >= 0.6 is 11.3 Å². The molecule has 1 aliphatic heterocycles. The van der Waals surface area contributed by atoms with Crippen molar-refractivity contribution < 1.29 is 8.42 Å². The van der Waals surface area contributed by atoms with Gasteiger partial charge in [0, 0.05) is 28.5 Å². The van der Waals surface area contributed by atoms with Gasteiger partial charge < -0.3 is 0 Å². The van der Waals surface area contributed by atoms with Gasteiger partial charge in [0.25, 0.3) is 0 Å². The van der Waals surface area contributed by atoms with Gasteiger partial charge in [-0.1, -0.05) is 0 Å². The highest BCUT2D eigenvalue weighted by Gasteiger charge is 2.37. The lowest BCUT2D eigenvalue weighted by Gasteiger charge is -2.22. The first kappa shape index (κ1) is 15.7. The minimum Gasteiger partial charge on any atom is -0.269 e. The molecule has 1 atom stereocenters. The van der Waals surface area contributed by atoms with Crippen molar-refractivity contribution >= 4 is 21.4 Å². The Labute approximate surface area is 135 Å². The van der Waals surface area contributed by atoms with Crippen molar-refractivity contribution in [3.8, 4) is 0 Å². The standard InChI is InChI=1S/C15H21N3O2S2/c1-11(2)17-10-13(9-16-17)22(19,20)18-8-4-5-14(18)15-7-6-12(3)21-15/h6-7,9-11,14H,4-5,8H2,1-3H3/t14-/m1/s1. The minimum absolute atomic E-state index is 0.0360. The average molecular weight is 339 g/mol. The van der Waals surface area contributed by atoms with Crippen LogP contribution in [0.4, 0.5) is 0 Å². The highest BCUT2D eigenvalue weighted by atomic mass is 32.2.